The third-order valence-electron chi connectivity index (χ3n) is 4.69. The molecule has 0 aliphatic heterocycles. The van der Waals surface area contributed by atoms with Crippen LogP contribution in [0.3, 0.4) is 0 Å². The van der Waals surface area contributed by atoms with E-state index in [-0.39, 0.29) is 5.54 Å². The van der Waals surface area contributed by atoms with Gasteiger partial charge in [0, 0.05) is 4.88 Å². The van der Waals surface area contributed by atoms with Gasteiger partial charge in [-0.3, -0.25) is 0 Å². The number of aryl methyl sites for hydroxylation is 2. The highest BCUT2D eigenvalue weighted by atomic mass is 32.1. The van der Waals surface area contributed by atoms with Gasteiger partial charge in [0.2, 0.25) is 0 Å². The number of aromatic nitrogens is 1. The molecule has 0 unspecified atom stereocenters. The summed E-state index contributed by atoms with van der Waals surface area (Å²) in [5.74, 6) is 0.929. The fourth-order valence-corrected chi connectivity index (χ4v) is 4.57. The van der Waals surface area contributed by atoms with Crippen molar-refractivity contribution in [2.75, 3.05) is 6.54 Å². The molecule has 2 nitrogen and oxygen atoms in total. The number of hydrogen-bond acceptors (Lipinski definition) is 3. The van der Waals surface area contributed by atoms with Crippen LogP contribution in [0.4, 0.5) is 0 Å². The molecule has 1 aromatic rings. The standard InChI is InChI=1S/C16H28N2S/c1-5-13-8-10-16(11-9-13,17-7-3)15-18-14(6-2)12(4)19-15/h13,17H,5-11H2,1-4H3. The molecule has 0 atom stereocenters. The van der Waals surface area contributed by atoms with Gasteiger partial charge in [0.1, 0.15) is 5.01 Å². The molecule has 1 aromatic heterocycles. The highest BCUT2D eigenvalue weighted by Crippen LogP contribution is 2.42. The molecule has 1 heterocycles. The lowest BCUT2D eigenvalue weighted by molar-refractivity contribution is 0.187. The molecule has 19 heavy (non-hydrogen) atoms. The first-order chi connectivity index (χ1) is 9.15. The summed E-state index contributed by atoms with van der Waals surface area (Å²) < 4.78 is 0. The molecule has 1 aliphatic carbocycles. The summed E-state index contributed by atoms with van der Waals surface area (Å²) in [5.41, 5.74) is 1.47. The molecule has 0 radical (unpaired) electrons. The second kappa shape index (κ2) is 6.36. The molecule has 1 fully saturated rings. The van der Waals surface area contributed by atoms with Crippen molar-refractivity contribution in [2.24, 2.45) is 5.92 Å². The zero-order valence-electron chi connectivity index (χ0n) is 12.9. The first-order valence-electron chi connectivity index (χ1n) is 7.87. The number of thiazole rings is 1. The molecule has 0 amide bonds. The Morgan fingerprint density at radius 1 is 1.26 bits per heavy atom. The lowest BCUT2D eigenvalue weighted by atomic mass is 9.76. The van der Waals surface area contributed by atoms with Crippen molar-refractivity contribution in [3.05, 3.63) is 15.6 Å². The summed E-state index contributed by atoms with van der Waals surface area (Å²) in [4.78, 5) is 6.36. The van der Waals surface area contributed by atoms with E-state index in [0.717, 1.165) is 18.9 Å². The summed E-state index contributed by atoms with van der Waals surface area (Å²) in [6, 6.07) is 0. The van der Waals surface area contributed by atoms with Crippen molar-refractivity contribution in [3.63, 3.8) is 0 Å². The second-order valence-electron chi connectivity index (χ2n) is 5.84. The van der Waals surface area contributed by atoms with Gasteiger partial charge in [0.15, 0.2) is 0 Å². The van der Waals surface area contributed by atoms with Gasteiger partial charge in [-0.25, -0.2) is 4.98 Å². The maximum absolute atomic E-state index is 4.95. The van der Waals surface area contributed by atoms with E-state index >= 15 is 0 Å². The first-order valence-corrected chi connectivity index (χ1v) is 8.68. The molecular formula is C16H28N2S. The topological polar surface area (TPSA) is 24.9 Å². The predicted molar refractivity (Wildman–Crippen MR) is 83.8 cm³/mol. The van der Waals surface area contributed by atoms with E-state index in [1.165, 1.54) is 47.7 Å². The van der Waals surface area contributed by atoms with Crippen LogP contribution in [0.1, 0.15) is 68.5 Å². The highest BCUT2D eigenvalue weighted by molar-refractivity contribution is 7.11. The Hall–Kier alpha value is -0.410. The lowest BCUT2D eigenvalue weighted by Gasteiger charge is -2.39. The second-order valence-corrected chi connectivity index (χ2v) is 7.04. The first kappa shape index (κ1) is 15.0. The van der Waals surface area contributed by atoms with E-state index < -0.39 is 0 Å². The number of nitrogens with zero attached hydrogens (tertiary/aromatic N) is 1. The van der Waals surface area contributed by atoms with Crippen LogP contribution in [-0.2, 0) is 12.0 Å². The largest absolute Gasteiger partial charge is 0.306 e. The van der Waals surface area contributed by atoms with E-state index in [4.69, 9.17) is 4.98 Å². The van der Waals surface area contributed by atoms with Crippen LogP contribution in [0.5, 0.6) is 0 Å². The molecular weight excluding hydrogens is 252 g/mol. The van der Waals surface area contributed by atoms with E-state index in [1.807, 2.05) is 11.3 Å². The maximum atomic E-state index is 4.95. The van der Waals surface area contributed by atoms with Crippen LogP contribution in [-0.4, -0.2) is 11.5 Å². The van der Waals surface area contributed by atoms with Gasteiger partial charge in [-0.15, -0.1) is 11.3 Å². The quantitative estimate of drug-likeness (QED) is 0.863. The van der Waals surface area contributed by atoms with Crippen LogP contribution in [0.15, 0.2) is 0 Å². The van der Waals surface area contributed by atoms with Crippen LogP contribution in [0.2, 0.25) is 0 Å². The molecule has 0 spiro atoms. The summed E-state index contributed by atoms with van der Waals surface area (Å²) in [7, 11) is 0. The third kappa shape index (κ3) is 3.03. The van der Waals surface area contributed by atoms with E-state index in [0.29, 0.717) is 0 Å². The predicted octanol–water partition coefficient (Wildman–Crippen LogP) is 4.42. The molecule has 1 N–H and O–H groups in total. The molecule has 0 aromatic carbocycles. The van der Waals surface area contributed by atoms with Gasteiger partial charge in [-0.05, 0) is 51.5 Å². The third-order valence-corrected chi connectivity index (χ3v) is 5.91. The summed E-state index contributed by atoms with van der Waals surface area (Å²) >= 11 is 1.92. The van der Waals surface area contributed by atoms with Crippen LogP contribution < -0.4 is 5.32 Å². The molecule has 1 saturated carbocycles. The van der Waals surface area contributed by atoms with E-state index in [1.54, 1.807) is 0 Å². The van der Waals surface area contributed by atoms with Crippen molar-refractivity contribution in [2.45, 2.75) is 71.8 Å². The van der Waals surface area contributed by atoms with Crippen LogP contribution in [0.25, 0.3) is 0 Å². The zero-order valence-corrected chi connectivity index (χ0v) is 13.7. The van der Waals surface area contributed by atoms with Crippen molar-refractivity contribution in [1.82, 2.24) is 10.3 Å². The molecule has 1 aliphatic rings. The van der Waals surface area contributed by atoms with Crippen molar-refractivity contribution in [3.8, 4) is 0 Å². The van der Waals surface area contributed by atoms with Gasteiger partial charge in [-0.2, -0.15) is 0 Å². The minimum absolute atomic E-state index is 0.170. The van der Waals surface area contributed by atoms with E-state index in [9.17, 15) is 0 Å². The number of rotatable bonds is 5. The Labute approximate surface area is 122 Å². The van der Waals surface area contributed by atoms with Gasteiger partial charge >= 0.3 is 0 Å². The average molecular weight is 280 g/mol. The smallest absolute Gasteiger partial charge is 0.113 e. The average Bonchev–Trinajstić information content (AvgIpc) is 2.82. The highest BCUT2D eigenvalue weighted by Gasteiger charge is 2.38. The molecule has 3 heteroatoms. The SMILES string of the molecule is CCNC1(c2nc(CC)c(C)s2)CCC(CC)CC1. The Kier molecular flexibility index (Phi) is 5.02. The Bertz CT molecular complexity index is 403. The summed E-state index contributed by atoms with van der Waals surface area (Å²) in [6.07, 6.45) is 7.61. The number of nitrogens with one attached hydrogen (secondary N) is 1. The molecule has 108 valence electrons. The monoisotopic (exact) mass is 280 g/mol. The minimum Gasteiger partial charge on any atom is -0.306 e. The van der Waals surface area contributed by atoms with Gasteiger partial charge < -0.3 is 5.32 Å². The zero-order chi connectivity index (χ0) is 13.9. The number of hydrogen-bond donors (Lipinski definition) is 1. The van der Waals surface area contributed by atoms with Crippen LogP contribution >= 0.6 is 11.3 Å². The van der Waals surface area contributed by atoms with Gasteiger partial charge in [0.25, 0.3) is 0 Å². The summed E-state index contributed by atoms with van der Waals surface area (Å²) in [5, 5.41) is 5.12. The lowest BCUT2D eigenvalue weighted by Crippen LogP contribution is -2.45. The Morgan fingerprint density at radius 2 is 1.95 bits per heavy atom. The van der Waals surface area contributed by atoms with Crippen LogP contribution in [0, 0.1) is 12.8 Å². The van der Waals surface area contributed by atoms with Crippen molar-refractivity contribution < 1.29 is 0 Å². The molecule has 0 bridgehead atoms. The molecule has 0 saturated heterocycles. The van der Waals surface area contributed by atoms with Crippen molar-refractivity contribution in [1.29, 1.82) is 0 Å². The Balaban J connectivity index is 2.23. The Morgan fingerprint density at radius 3 is 2.42 bits per heavy atom. The fourth-order valence-electron chi connectivity index (χ4n) is 3.34. The van der Waals surface area contributed by atoms with Crippen molar-refractivity contribution >= 4 is 11.3 Å². The fraction of sp³-hybridized carbons (Fsp3) is 0.812. The molecule has 2 rings (SSSR count). The maximum Gasteiger partial charge on any atom is 0.113 e. The normalized spacial score (nSPS) is 27.7. The van der Waals surface area contributed by atoms with Gasteiger partial charge in [0.05, 0.1) is 11.2 Å². The van der Waals surface area contributed by atoms with Gasteiger partial charge in [-0.1, -0.05) is 27.2 Å². The van der Waals surface area contributed by atoms with E-state index in [2.05, 4.69) is 33.0 Å². The summed E-state index contributed by atoms with van der Waals surface area (Å²) in [6.45, 7) is 10.0. The minimum atomic E-state index is 0.170.